The standard InChI is InChI=1S/C28H30N2O4/c1-5-9-20-12-14-25(26(18-20)32-3)34-17-8-16-30-23-11-7-6-10-22(23)29-28(30)21-13-15-24(31-2)27(19-21)33-4/h5-7,10-15,18-19H,1,8-9,16-17H2,2-4H3. The van der Waals surface area contributed by atoms with Gasteiger partial charge in [0.25, 0.3) is 0 Å². The van der Waals surface area contributed by atoms with Crippen LogP contribution in [0.15, 0.2) is 73.3 Å². The number of allylic oxidation sites excluding steroid dienone is 1. The molecule has 6 nitrogen and oxygen atoms in total. The molecule has 1 aromatic heterocycles. The van der Waals surface area contributed by atoms with E-state index in [1.54, 1.807) is 21.3 Å². The Morgan fingerprint density at radius 2 is 1.59 bits per heavy atom. The molecule has 1 heterocycles. The van der Waals surface area contributed by atoms with Gasteiger partial charge in [-0.05, 0) is 60.9 Å². The first-order valence-electron chi connectivity index (χ1n) is 11.3. The number of fused-ring (bicyclic) bond motifs is 1. The van der Waals surface area contributed by atoms with E-state index in [9.17, 15) is 0 Å². The molecule has 6 heteroatoms. The van der Waals surface area contributed by atoms with Crippen molar-refractivity contribution in [2.75, 3.05) is 27.9 Å². The summed E-state index contributed by atoms with van der Waals surface area (Å²) in [6.45, 7) is 5.10. The van der Waals surface area contributed by atoms with Gasteiger partial charge in [0.15, 0.2) is 23.0 Å². The zero-order valence-electron chi connectivity index (χ0n) is 19.9. The predicted molar refractivity (Wildman–Crippen MR) is 135 cm³/mol. The lowest BCUT2D eigenvalue weighted by atomic mass is 10.1. The van der Waals surface area contributed by atoms with Gasteiger partial charge in [-0.1, -0.05) is 24.3 Å². The minimum Gasteiger partial charge on any atom is -0.493 e. The number of imidazole rings is 1. The Balaban J connectivity index is 1.54. The predicted octanol–water partition coefficient (Wildman–Crippen LogP) is 5.93. The maximum atomic E-state index is 6.06. The van der Waals surface area contributed by atoms with E-state index < -0.39 is 0 Å². The molecular weight excluding hydrogens is 428 g/mol. The van der Waals surface area contributed by atoms with E-state index in [1.807, 2.05) is 60.7 Å². The number of para-hydroxylation sites is 2. The van der Waals surface area contributed by atoms with E-state index >= 15 is 0 Å². The van der Waals surface area contributed by atoms with Crippen LogP contribution < -0.4 is 18.9 Å². The number of aryl methyl sites for hydroxylation is 1. The fraction of sp³-hybridized carbons (Fsp3) is 0.250. The smallest absolute Gasteiger partial charge is 0.161 e. The van der Waals surface area contributed by atoms with Crippen LogP contribution in [0.2, 0.25) is 0 Å². The van der Waals surface area contributed by atoms with E-state index in [0.717, 1.165) is 58.9 Å². The summed E-state index contributed by atoms with van der Waals surface area (Å²) in [6, 6.07) is 20.0. The summed E-state index contributed by atoms with van der Waals surface area (Å²) in [5.41, 5.74) is 4.14. The number of hydrogen-bond donors (Lipinski definition) is 0. The maximum absolute atomic E-state index is 6.06. The Kier molecular flexibility index (Phi) is 7.38. The van der Waals surface area contributed by atoms with E-state index in [4.69, 9.17) is 23.9 Å². The lowest BCUT2D eigenvalue weighted by molar-refractivity contribution is 0.283. The molecule has 4 rings (SSSR count). The lowest BCUT2D eigenvalue weighted by Gasteiger charge is -2.14. The molecule has 0 aliphatic rings. The Morgan fingerprint density at radius 3 is 2.35 bits per heavy atom. The van der Waals surface area contributed by atoms with Gasteiger partial charge < -0.3 is 23.5 Å². The largest absolute Gasteiger partial charge is 0.493 e. The summed E-state index contributed by atoms with van der Waals surface area (Å²) in [5, 5.41) is 0. The highest BCUT2D eigenvalue weighted by Gasteiger charge is 2.15. The van der Waals surface area contributed by atoms with Crippen molar-refractivity contribution in [3.05, 3.63) is 78.9 Å². The number of aromatic nitrogens is 2. The first-order valence-corrected chi connectivity index (χ1v) is 11.3. The van der Waals surface area contributed by atoms with Crippen molar-refractivity contribution in [1.82, 2.24) is 9.55 Å². The quantitative estimate of drug-likeness (QED) is 0.206. The third kappa shape index (κ3) is 4.86. The Bertz CT molecular complexity index is 1280. The van der Waals surface area contributed by atoms with Crippen LogP contribution in [0.3, 0.4) is 0 Å². The maximum Gasteiger partial charge on any atom is 0.161 e. The van der Waals surface area contributed by atoms with Gasteiger partial charge in [-0.25, -0.2) is 4.98 Å². The molecule has 0 radical (unpaired) electrons. The molecule has 0 aliphatic carbocycles. The van der Waals surface area contributed by atoms with Crippen LogP contribution in [0.4, 0.5) is 0 Å². The molecule has 176 valence electrons. The van der Waals surface area contributed by atoms with Gasteiger partial charge in [0.05, 0.1) is 39.0 Å². The van der Waals surface area contributed by atoms with Crippen LogP contribution in [-0.4, -0.2) is 37.5 Å². The van der Waals surface area contributed by atoms with Crippen molar-refractivity contribution >= 4 is 11.0 Å². The van der Waals surface area contributed by atoms with Gasteiger partial charge in [0, 0.05) is 12.1 Å². The molecule has 0 amide bonds. The van der Waals surface area contributed by atoms with E-state index in [-0.39, 0.29) is 0 Å². The van der Waals surface area contributed by atoms with Crippen LogP contribution >= 0.6 is 0 Å². The highest BCUT2D eigenvalue weighted by molar-refractivity contribution is 5.81. The molecule has 0 saturated carbocycles. The Labute approximate surface area is 200 Å². The molecule has 0 fully saturated rings. The third-order valence-electron chi connectivity index (χ3n) is 5.69. The first-order chi connectivity index (χ1) is 16.7. The second-order valence-corrected chi connectivity index (χ2v) is 7.83. The highest BCUT2D eigenvalue weighted by Crippen LogP contribution is 2.34. The summed E-state index contributed by atoms with van der Waals surface area (Å²) in [7, 11) is 4.93. The number of benzene rings is 3. The van der Waals surface area contributed by atoms with Crippen molar-refractivity contribution in [2.24, 2.45) is 0 Å². The molecule has 0 N–H and O–H groups in total. The molecule has 3 aromatic carbocycles. The van der Waals surface area contributed by atoms with Crippen LogP contribution in [0.5, 0.6) is 23.0 Å². The SMILES string of the molecule is C=CCc1ccc(OCCCn2c(-c3ccc(OC)c(OC)c3)nc3ccccc32)c(OC)c1. The zero-order valence-corrected chi connectivity index (χ0v) is 19.9. The second kappa shape index (κ2) is 10.8. The number of hydrogen-bond acceptors (Lipinski definition) is 5. The zero-order chi connectivity index (χ0) is 23.9. The molecule has 0 atom stereocenters. The molecule has 0 aliphatic heterocycles. The van der Waals surface area contributed by atoms with Gasteiger partial charge in [-0.2, -0.15) is 0 Å². The molecule has 34 heavy (non-hydrogen) atoms. The van der Waals surface area contributed by atoms with Crippen molar-refractivity contribution < 1.29 is 18.9 Å². The molecular formula is C28H30N2O4. The van der Waals surface area contributed by atoms with Crippen LogP contribution in [0.1, 0.15) is 12.0 Å². The van der Waals surface area contributed by atoms with Gasteiger partial charge in [0.1, 0.15) is 5.82 Å². The van der Waals surface area contributed by atoms with Gasteiger partial charge >= 0.3 is 0 Å². The van der Waals surface area contributed by atoms with Crippen LogP contribution in [-0.2, 0) is 13.0 Å². The minimum absolute atomic E-state index is 0.551. The van der Waals surface area contributed by atoms with E-state index in [1.165, 1.54) is 0 Å². The first kappa shape index (κ1) is 23.2. The summed E-state index contributed by atoms with van der Waals surface area (Å²) in [6.07, 6.45) is 3.47. The molecule has 0 spiro atoms. The summed E-state index contributed by atoms with van der Waals surface area (Å²) in [4.78, 5) is 4.90. The average Bonchev–Trinajstić information content (AvgIpc) is 3.25. The second-order valence-electron chi connectivity index (χ2n) is 7.83. The van der Waals surface area contributed by atoms with Gasteiger partial charge in [-0.3, -0.25) is 0 Å². The topological polar surface area (TPSA) is 54.7 Å². The summed E-state index contributed by atoms with van der Waals surface area (Å²) < 4.78 is 24.7. The fourth-order valence-electron chi connectivity index (χ4n) is 4.03. The lowest BCUT2D eigenvalue weighted by Crippen LogP contribution is -2.07. The van der Waals surface area contributed by atoms with Crippen molar-refractivity contribution in [1.29, 1.82) is 0 Å². The number of methoxy groups -OCH3 is 3. The van der Waals surface area contributed by atoms with Crippen LogP contribution in [0, 0.1) is 0 Å². The number of ether oxygens (including phenoxy) is 4. The summed E-state index contributed by atoms with van der Waals surface area (Å²) in [5.74, 6) is 3.72. The number of nitrogens with zero attached hydrogens (tertiary/aromatic N) is 2. The minimum atomic E-state index is 0.551. The Hall–Kier alpha value is -3.93. The fourth-order valence-corrected chi connectivity index (χ4v) is 4.03. The number of rotatable bonds is 11. The van der Waals surface area contributed by atoms with Crippen molar-refractivity contribution in [3.63, 3.8) is 0 Å². The van der Waals surface area contributed by atoms with Crippen molar-refractivity contribution in [3.8, 4) is 34.4 Å². The normalized spacial score (nSPS) is 10.8. The monoisotopic (exact) mass is 458 g/mol. The highest BCUT2D eigenvalue weighted by atomic mass is 16.5. The van der Waals surface area contributed by atoms with E-state index in [2.05, 4.69) is 17.2 Å². The average molecular weight is 459 g/mol. The van der Waals surface area contributed by atoms with Gasteiger partial charge in [0.2, 0.25) is 0 Å². The summed E-state index contributed by atoms with van der Waals surface area (Å²) >= 11 is 0. The van der Waals surface area contributed by atoms with E-state index in [0.29, 0.717) is 18.1 Å². The van der Waals surface area contributed by atoms with Crippen LogP contribution in [0.25, 0.3) is 22.4 Å². The molecule has 0 bridgehead atoms. The van der Waals surface area contributed by atoms with Crippen molar-refractivity contribution in [2.45, 2.75) is 19.4 Å². The molecule has 0 saturated heterocycles. The third-order valence-corrected chi connectivity index (χ3v) is 5.69. The van der Waals surface area contributed by atoms with Gasteiger partial charge in [-0.15, -0.1) is 6.58 Å². The molecule has 4 aromatic rings. The Morgan fingerprint density at radius 1 is 0.853 bits per heavy atom. The molecule has 0 unspecified atom stereocenters.